The van der Waals surface area contributed by atoms with E-state index in [0.717, 1.165) is 12.8 Å². The molecule has 1 aliphatic rings. The molecule has 0 aliphatic carbocycles. The van der Waals surface area contributed by atoms with Gasteiger partial charge >= 0.3 is 12.1 Å². The predicted octanol–water partition coefficient (Wildman–Crippen LogP) is 3.47. The smallest absolute Gasteiger partial charge is 0.410 e. The number of aryl methyl sites for hydroxylation is 1. The molecule has 6 heteroatoms. The van der Waals surface area contributed by atoms with E-state index in [1.54, 1.807) is 24.0 Å². The highest BCUT2D eigenvalue weighted by Gasteiger charge is 2.32. The fourth-order valence-corrected chi connectivity index (χ4v) is 2.73. The van der Waals surface area contributed by atoms with Gasteiger partial charge in [-0.1, -0.05) is 0 Å². The largest absolute Gasteiger partial charge is 0.491 e. The Bertz CT molecular complexity index is 620. The van der Waals surface area contributed by atoms with Crippen LogP contribution in [-0.4, -0.2) is 46.9 Å². The lowest BCUT2D eigenvalue weighted by Gasteiger charge is -2.28. The Morgan fingerprint density at radius 1 is 1.33 bits per heavy atom. The lowest BCUT2D eigenvalue weighted by molar-refractivity contribution is 0.0187. The van der Waals surface area contributed by atoms with Gasteiger partial charge in [0.1, 0.15) is 18.0 Å². The number of carboxylic acid groups (broad SMARTS) is 1. The second kappa shape index (κ2) is 7.11. The summed E-state index contributed by atoms with van der Waals surface area (Å²) in [6.45, 7) is 8.31. The highest BCUT2D eigenvalue weighted by molar-refractivity contribution is 5.89. The summed E-state index contributed by atoms with van der Waals surface area (Å²) in [6.07, 6.45) is 1.47. The van der Waals surface area contributed by atoms with Gasteiger partial charge in [-0.05, 0) is 64.3 Å². The van der Waals surface area contributed by atoms with Crippen LogP contribution in [0.4, 0.5) is 4.79 Å². The first-order chi connectivity index (χ1) is 11.2. The number of hydrogen-bond donors (Lipinski definition) is 1. The molecular weight excluding hydrogens is 310 g/mol. The first-order valence-electron chi connectivity index (χ1n) is 8.14. The maximum atomic E-state index is 12.2. The molecule has 1 aromatic carbocycles. The summed E-state index contributed by atoms with van der Waals surface area (Å²) in [5, 5.41) is 9.05. The monoisotopic (exact) mass is 335 g/mol. The van der Waals surface area contributed by atoms with Gasteiger partial charge in [0.15, 0.2) is 0 Å². The van der Waals surface area contributed by atoms with Crippen molar-refractivity contribution in [2.24, 2.45) is 0 Å². The molecule has 1 heterocycles. The van der Waals surface area contributed by atoms with Crippen molar-refractivity contribution < 1.29 is 24.2 Å². The molecule has 24 heavy (non-hydrogen) atoms. The van der Waals surface area contributed by atoms with Crippen LogP contribution >= 0.6 is 0 Å². The van der Waals surface area contributed by atoms with Crippen molar-refractivity contribution in [3.63, 3.8) is 0 Å². The minimum absolute atomic E-state index is 0.0284. The zero-order chi connectivity index (χ0) is 17.9. The van der Waals surface area contributed by atoms with E-state index in [4.69, 9.17) is 14.6 Å². The highest BCUT2D eigenvalue weighted by atomic mass is 16.6. The van der Waals surface area contributed by atoms with E-state index < -0.39 is 11.6 Å². The van der Waals surface area contributed by atoms with E-state index in [-0.39, 0.29) is 17.7 Å². The van der Waals surface area contributed by atoms with Gasteiger partial charge in [-0.3, -0.25) is 0 Å². The molecular formula is C18H25NO5. The fourth-order valence-electron chi connectivity index (χ4n) is 2.73. The minimum atomic E-state index is -0.953. The quantitative estimate of drug-likeness (QED) is 0.912. The number of amides is 1. The van der Waals surface area contributed by atoms with Gasteiger partial charge in [0, 0.05) is 6.54 Å². The number of carboxylic acids is 1. The molecule has 0 radical (unpaired) electrons. The Hall–Kier alpha value is -2.24. The number of nitrogens with zero attached hydrogens (tertiary/aromatic N) is 1. The van der Waals surface area contributed by atoms with Crippen LogP contribution in [0.5, 0.6) is 5.75 Å². The fraction of sp³-hybridized carbons (Fsp3) is 0.556. The number of hydrogen-bond acceptors (Lipinski definition) is 4. The Morgan fingerprint density at radius 3 is 2.62 bits per heavy atom. The minimum Gasteiger partial charge on any atom is -0.491 e. The molecule has 0 unspecified atom stereocenters. The number of carbonyl (C=O) groups excluding carboxylic acids is 1. The molecule has 1 aromatic rings. The van der Waals surface area contributed by atoms with Gasteiger partial charge in [0.05, 0.1) is 11.6 Å². The maximum Gasteiger partial charge on any atom is 0.410 e. The van der Waals surface area contributed by atoms with Gasteiger partial charge in [0.25, 0.3) is 0 Å². The van der Waals surface area contributed by atoms with Crippen molar-refractivity contribution in [3.05, 3.63) is 29.3 Å². The highest BCUT2D eigenvalue weighted by Crippen LogP contribution is 2.23. The first kappa shape index (κ1) is 18.1. The van der Waals surface area contributed by atoms with Gasteiger partial charge in [-0.2, -0.15) is 0 Å². The van der Waals surface area contributed by atoms with E-state index >= 15 is 0 Å². The van der Waals surface area contributed by atoms with Crippen LogP contribution in [0.2, 0.25) is 0 Å². The molecule has 1 aliphatic heterocycles. The third-order valence-corrected chi connectivity index (χ3v) is 3.88. The molecule has 132 valence electrons. The summed E-state index contributed by atoms with van der Waals surface area (Å²) in [6, 6.07) is 4.85. The van der Waals surface area contributed by atoms with Crippen LogP contribution in [0.15, 0.2) is 18.2 Å². The van der Waals surface area contributed by atoms with Crippen molar-refractivity contribution in [1.29, 1.82) is 0 Å². The van der Waals surface area contributed by atoms with E-state index in [1.165, 1.54) is 6.07 Å². The van der Waals surface area contributed by atoms with E-state index in [9.17, 15) is 9.59 Å². The maximum absolute atomic E-state index is 12.2. The van der Waals surface area contributed by atoms with Crippen LogP contribution in [0.3, 0.4) is 0 Å². The molecule has 0 spiro atoms. The van der Waals surface area contributed by atoms with Gasteiger partial charge in [-0.15, -0.1) is 0 Å². The second-order valence-electron chi connectivity index (χ2n) is 7.06. The van der Waals surface area contributed by atoms with E-state index in [0.29, 0.717) is 24.5 Å². The van der Waals surface area contributed by atoms with E-state index in [1.807, 2.05) is 20.8 Å². The Kier molecular flexibility index (Phi) is 5.36. The number of aromatic carboxylic acids is 1. The van der Waals surface area contributed by atoms with Crippen molar-refractivity contribution in [1.82, 2.24) is 4.90 Å². The standard InChI is InChI=1S/C18H25NO5/c1-12-10-14(7-8-15(12)16(20)21)23-11-13-6-5-9-19(13)17(22)24-18(2,3)4/h7-8,10,13H,5-6,9,11H2,1-4H3,(H,20,21)/t13-/m1/s1. The van der Waals surface area contributed by atoms with Gasteiger partial charge in [-0.25, -0.2) is 9.59 Å². The van der Waals surface area contributed by atoms with Crippen LogP contribution in [0.1, 0.15) is 49.5 Å². The zero-order valence-corrected chi connectivity index (χ0v) is 14.7. The molecule has 1 saturated heterocycles. The third kappa shape index (κ3) is 4.63. The molecule has 1 atom stereocenters. The lowest BCUT2D eigenvalue weighted by atomic mass is 10.1. The first-order valence-corrected chi connectivity index (χ1v) is 8.14. The number of carbonyl (C=O) groups is 2. The van der Waals surface area contributed by atoms with Crippen molar-refractivity contribution in [3.8, 4) is 5.75 Å². The normalized spacial score (nSPS) is 17.7. The third-order valence-electron chi connectivity index (χ3n) is 3.88. The summed E-state index contributed by atoms with van der Waals surface area (Å²) >= 11 is 0. The lowest BCUT2D eigenvalue weighted by Crippen LogP contribution is -2.42. The summed E-state index contributed by atoms with van der Waals surface area (Å²) < 4.78 is 11.2. The second-order valence-corrected chi connectivity index (χ2v) is 7.06. The summed E-state index contributed by atoms with van der Waals surface area (Å²) in [4.78, 5) is 25.0. The summed E-state index contributed by atoms with van der Waals surface area (Å²) in [5.74, 6) is -0.348. The molecule has 1 amide bonds. The van der Waals surface area contributed by atoms with Gasteiger partial charge < -0.3 is 19.5 Å². The van der Waals surface area contributed by atoms with Crippen molar-refractivity contribution in [2.45, 2.75) is 52.2 Å². The van der Waals surface area contributed by atoms with Crippen molar-refractivity contribution in [2.75, 3.05) is 13.2 Å². The topological polar surface area (TPSA) is 76.1 Å². The molecule has 1 N–H and O–H groups in total. The Balaban J connectivity index is 1.97. The molecule has 0 saturated carbocycles. The number of benzene rings is 1. The van der Waals surface area contributed by atoms with Crippen LogP contribution in [0, 0.1) is 6.92 Å². The van der Waals surface area contributed by atoms with Crippen LogP contribution in [-0.2, 0) is 4.74 Å². The average Bonchev–Trinajstić information content (AvgIpc) is 2.91. The van der Waals surface area contributed by atoms with Gasteiger partial charge in [0.2, 0.25) is 0 Å². The SMILES string of the molecule is Cc1cc(OC[C@H]2CCCN2C(=O)OC(C)(C)C)ccc1C(=O)O. The van der Waals surface area contributed by atoms with Crippen molar-refractivity contribution >= 4 is 12.1 Å². The summed E-state index contributed by atoms with van der Waals surface area (Å²) in [5.41, 5.74) is 0.392. The number of likely N-dealkylation sites (tertiary alicyclic amines) is 1. The zero-order valence-electron chi connectivity index (χ0n) is 14.7. The Labute approximate surface area is 142 Å². The molecule has 0 bridgehead atoms. The van der Waals surface area contributed by atoms with E-state index in [2.05, 4.69) is 0 Å². The number of rotatable bonds is 4. The predicted molar refractivity (Wildman–Crippen MR) is 89.6 cm³/mol. The van der Waals surface area contributed by atoms with Crippen LogP contribution in [0.25, 0.3) is 0 Å². The molecule has 0 aromatic heterocycles. The van der Waals surface area contributed by atoms with Crippen LogP contribution < -0.4 is 4.74 Å². The summed E-state index contributed by atoms with van der Waals surface area (Å²) in [7, 11) is 0. The molecule has 6 nitrogen and oxygen atoms in total. The molecule has 2 rings (SSSR count). The number of ether oxygens (including phenoxy) is 2. The Morgan fingerprint density at radius 2 is 2.04 bits per heavy atom. The molecule has 1 fully saturated rings. The average molecular weight is 335 g/mol.